The summed E-state index contributed by atoms with van der Waals surface area (Å²) in [4.78, 5) is 5.60. The lowest BCUT2D eigenvalue weighted by Gasteiger charge is -2.27. The van der Waals surface area contributed by atoms with E-state index in [0.29, 0.717) is 11.6 Å². The van der Waals surface area contributed by atoms with Gasteiger partial charge in [-0.05, 0) is 43.8 Å². The Bertz CT molecular complexity index is 794. The molecule has 0 aromatic heterocycles. The van der Waals surface area contributed by atoms with E-state index < -0.39 is 0 Å². The molecule has 4 nitrogen and oxygen atoms in total. The zero-order chi connectivity index (χ0) is 17.3. The summed E-state index contributed by atoms with van der Waals surface area (Å²) in [7, 11) is 1.93. The van der Waals surface area contributed by atoms with E-state index in [1.165, 1.54) is 5.56 Å². The minimum absolute atomic E-state index is 0.199. The third kappa shape index (κ3) is 3.00. The Morgan fingerprint density at radius 1 is 1.28 bits per heavy atom. The van der Waals surface area contributed by atoms with Crippen LogP contribution < -0.4 is 10.1 Å². The van der Waals surface area contributed by atoms with Crippen molar-refractivity contribution in [1.82, 2.24) is 5.32 Å². The summed E-state index contributed by atoms with van der Waals surface area (Å²) < 4.78 is 6.40. The lowest BCUT2D eigenvalue weighted by molar-refractivity contribution is 0.135. The number of oxime groups is 1. The van der Waals surface area contributed by atoms with Gasteiger partial charge in [-0.25, -0.2) is 0 Å². The van der Waals surface area contributed by atoms with Crippen LogP contribution in [0.25, 0.3) is 0 Å². The Kier molecular flexibility index (Phi) is 4.40. The van der Waals surface area contributed by atoms with Crippen molar-refractivity contribution < 1.29 is 9.57 Å². The maximum atomic E-state index is 6.40. The maximum Gasteiger partial charge on any atom is 0.143 e. The molecule has 130 valence electrons. The molecule has 2 aromatic rings. The van der Waals surface area contributed by atoms with Crippen LogP contribution in [0, 0.1) is 5.92 Å². The van der Waals surface area contributed by atoms with E-state index in [1.807, 2.05) is 43.4 Å². The topological polar surface area (TPSA) is 42.8 Å². The number of ether oxygens (including phenoxy) is 1. The van der Waals surface area contributed by atoms with E-state index in [2.05, 4.69) is 22.6 Å². The van der Waals surface area contributed by atoms with Crippen LogP contribution in [0.3, 0.4) is 0 Å². The third-order valence-corrected chi connectivity index (χ3v) is 5.07. The largest absolute Gasteiger partial charge is 0.481 e. The van der Waals surface area contributed by atoms with Crippen molar-refractivity contribution in [3.63, 3.8) is 0 Å². The molecule has 2 aliphatic rings. The molecule has 1 N–H and O–H groups in total. The van der Waals surface area contributed by atoms with Crippen molar-refractivity contribution in [1.29, 1.82) is 0 Å². The molecular formula is C20H21ClN2O2. The highest BCUT2D eigenvalue weighted by molar-refractivity contribution is 6.31. The van der Waals surface area contributed by atoms with Gasteiger partial charge in [0.2, 0.25) is 0 Å². The van der Waals surface area contributed by atoms with E-state index >= 15 is 0 Å². The minimum atomic E-state index is -0.324. The molecule has 1 aliphatic heterocycles. The number of fused-ring (bicyclic) bond motifs is 2. The van der Waals surface area contributed by atoms with Gasteiger partial charge >= 0.3 is 0 Å². The molecule has 0 spiro atoms. The van der Waals surface area contributed by atoms with Gasteiger partial charge in [0.15, 0.2) is 0 Å². The summed E-state index contributed by atoms with van der Waals surface area (Å²) in [6.45, 7) is 1.50. The zero-order valence-corrected chi connectivity index (χ0v) is 14.9. The van der Waals surface area contributed by atoms with Gasteiger partial charge in [-0.2, -0.15) is 0 Å². The SMILES string of the molecule is CNCCCON=C1c2cc(Cl)ccc2OC2(c3ccccc3)CC12. The molecule has 0 saturated heterocycles. The molecule has 1 fully saturated rings. The molecule has 4 rings (SSSR count). The Morgan fingerprint density at radius 2 is 2.12 bits per heavy atom. The second-order valence-corrected chi connectivity index (χ2v) is 6.96. The van der Waals surface area contributed by atoms with E-state index in [9.17, 15) is 0 Å². The van der Waals surface area contributed by atoms with Crippen molar-refractivity contribution in [2.24, 2.45) is 11.1 Å². The summed E-state index contributed by atoms with van der Waals surface area (Å²) in [5.41, 5.74) is 2.74. The third-order valence-electron chi connectivity index (χ3n) is 4.84. The first-order chi connectivity index (χ1) is 12.2. The second-order valence-electron chi connectivity index (χ2n) is 6.52. The molecule has 5 heteroatoms. The molecular weight excluding hydrogens is 336 g/mol. The highest BCUT2D eigenvalue weighted by Gasteiger charge is 2.64. The lowest BCUT2D eigenvalue weighted by atomic mass is 9.96. The summed E-state index contributed by atoms with van der Waals surface area (Å²) >= 11 is 6.20. The number of hydrogen-bond acceptors (Lipinski definition) is 4. The predicted octanol–water partition coefficient (Wildman–Crippen LogP) is 3.98. The van der Waals surface area contributed by atoms with Gasteiger partial charge in [0, 0.05) is 17.0 Å². The Hall–Kier alpha value is -2.04. The zero-order valence-electron chi connectivity index (χ0n) is 14.2. The van der Waals surface area contributed by atoms with Crippen LogP contribution in [0.4, 0.5) is 0 Å². The fourth-order valence-electron chi connectivity index (χ4n) is 3.49. The Morgan fingerprint density at radius 3 is 2.92 bits per heavy atom. The smallest absolute Gasteiger partial charge is 0.143 e. The summed E-state index contributed by atoms with van der Waals surface area (Å²) in [5, 5.41) is 8.27. The van der Waals surface area contributed by atoms with E-state index in [4.69, 9.17) is 21.2 Å². The van der Waals surface area contributed by atoms with Gasteiger partial charge in [0.25, 0.3) is 0 Å². The number of nitrogens with one attached hydrogen (secondary N) is 1. The standard InChI is InChI=1S/C20H21ClN2O2/c1-22-10-5-11-24-23-19-16-12-15(21)8-9-18(16)25-20(13-17(19)20)14-6-3-2-4-7-14/h2-4,6-9,12,17,22H,5,10-11,13H2,1H3. The van der Waals surface area contributed by atoms with Crippen molar-refractivity contribution in [3.05, 3.63) is 64.7 Å². The lowest BCUT2D eigenvalue weighted by Crippen LogP contribution is -2.28. The molecule has 2 aromatic carbocycles. The van der Waals surface area contributed by atoms with Gasteiger partial charge in [0.05, 0.1) is 11.6 Å². The number of benzene rings is 2. The molecule has 0 radical (unpaired) electrons. The highest BCUT2D eigenvalue weighted by atomic mass is 35.5. The van der Waals surface area contributed by atoms with Gasteiger partial charge in [-0.3, -0.25) is 0 Å². The molecule has 2 unspecified atom stereocenters. The monoisotopic (exact) mass is 356 g/mol. The van der Waals surface area contributed by atoms with Crippen LogP contribution in [0.2, 0.25) is 5.02 Å². The quantitative estimate of drug-likeness (QED) is 0.629. The number of hydrogen-bond donors (Lipinski definition) is 1. The molecule has 1 heterocycles. The summed E-state index contributed by atoms with van der Waals surface area (Å²) in [5.74, 6) is 1.02. The van der Waals surface area contributed by atoms with Gasteiger partial charge in [0.1, 0.15) is 18.0 Å². The van der Waals surface area contributed by atoms with Crippen molar-refractivity contribution in [2.45, 2.75) is 18.4 Å². The predicted molar refractivity (Wildman–Crippen MR) is 99.3 cm³/mol. The molecule has 2 atom stereocenters. The van der Waals surface area contributed by atoms with Gasteiger partial charge < -0.3 is 14.9 Å². The summed E-state index contributed by atoms with van der Waals surface area (Å²) in [6, 6.07) is 16.0. The van der Waals surface area contributed by atoms with Crippen molar-refractivity contribution in [2.75, 3.05) is 20.2 Å². The maximum absolute atomic E-state index is 6.40. The molecule has 1 aliphatic carbocycles. The van der Waals surface area contributed by atoms with Gasteiger partial charge in [-0.15, -0.1) is 0 Å². The highest BCUT2D eigenvalue weighted by Crippen LogP contribution is 2.60. The van der Waals surface area contributed by atoms with Crippen molar-refractivity contribution >= 4 is 17.3 Å². The normalized spacial score (nSPS) is 25.0. The average molecular weight is 357 g/mol. The molecule has 25 heavy (non-hydrogen) atoms. The summed E-state index contributed by atoms with van der Waals surface area (Å²) in [6.07, 6.45) is 1.82. The van der Waals surface area contributed by atoms with Crippen LogP contribution in [-0.2, 0) is 10.4 Å². The van der Waals surface area contributed by atoms with Gasteiger partial charge in [-0.1, -0.05) is 47.1 Å². The van der Waals surface area contributed by atoms with E-state index in [0.717, 1.165) is 36.4 Å². The fourth-order valence-corrected chi connectivity index (χ4v) is 3.66. The van der Waals surface area contributed by atoms with Crippen molar-refractivity contribution in [3.8, 4) is 5.75 Å². The number of halogens is 1. The minimum Gasteiger partial charge on any atom is -0.481 e. The van der Waals surface area contributed by atoms with E-state index in [-0.39, 0.29) is 11.5 Å². The molecule has 1 saturated carbocycles. The van der Waals surface area contributed by atoms with Crippen LogP contribution in [0.15, 0.2) is 53.7 Å². The Labute approximate surface area is 152 Å². The number of rotatable bonds is 6. The van der Waals surface area contributed by atoms with E-state index in [1.54, 1.807) is 0 Å². The first kappa shape index (κ1) is 16.4. The second kappa shape index (κ2) is 6.70. The number of nitrogens with zero attached hydrogens (tertiary/aromatic N) is 1. The first-order valence-corrected chi connectivity index (χ1v) is 9.01. The average Bonchev–Trinajstić information content (AvgIpc) is 3.37. The Balaban J connectivity index is 1.66. The van der Waals surface area contributed by atoms with Crippen LogP contribution >= 0.6 is 11.6 Å². The van der Waals surface area contributed by atoms with Crippen LogP contribution in [0.5, 0.6) is 5.75 Å². The van der Waals surface area contributed by atoms with Crippen LogP contribution in [0.1, 0.15) is 24.0 Å². The fraction of sp³-hybridized carbons (Fsp3) is 0.350. The first-order valence-electron chi connectivity index (χ1n) is 8.63. The van der Waals surface area contributed by atoms with Crippen LogP contribution in [-0.4, -0.2) is 25.9 Å². The molecule has 0 bridgehead atoms. The molecule has 0 amide bonds.